The summed E-state index contributed by atoms with van der Waals surface area (Å²) < 4.78 is 4.90. The number of hydrogen-bond acceptors (Lipinski definition) is 6. The van der Waals surface area contributed by atoms with Crippen LogP contribution >= 0.6 is 0 Å². The van der Waals surface area contributed by atoms with Gasteiger partial charge in [0.1, 0.15) is 0 Å². The number of pyridine rings is 1. The summed E-state index contributed by atoms with van der Waals surface area (Å²) >= 11 is 0. The van der Waals surface area contributed by atoms with E-state index in [4.69, 9.17) is 4.52 Å². The Morgan fingerprint density at radius 2 is 2.22 bits per heavy atom. The molecule has 2 aromatic heterocycles. The van der Waals surface area contributed by atoms with Gasteiger partial charge in [-0.25, -0.2) is 4.79 Å². The number of urea groups is 1. The first-order chi connectivity index (χ1) is 11.0. The van der Waals surface area contributed by atoms with Crippen molar-refractivity contribution in [2.45, 2.75) is 19.5 Å². The molecule has 3 amide bonds. The second kappa shape index (κ2) is 7.34. The maximum atomic E-state index is 12.2. The number of rotatable bonds is 5. The van der Waals surface area contributed by atoms with Crippen LogP contribution in [0, 0.1) is 0 Å². The molecule has 0 unspecified atom stereocenters. The van der Waals surface area contributed by atoms with Crippen LogP contribution in [0.1, 0.15) is 35.0 Å². The summed E-state index contributed by atoms with van der Waals surface area (Å²) in [5.74, 6) is -0.373. The highest BCUT2D eigenvalue weighted by Crippen LogP contribution is 2.17. The van der Waals surface area contributed by atoms with Crippen LogP contribution in [-0.4, -0.2) is 46.1 Å². The molecule has 2 N–H and O–H groups in total. The zero-order valence-corrected chi connectivity index (χ0v) is 13.1. The molecule has 2 heterocycles. The van der Waals surface area contributed by atoms with Crippen molar-refractivity contribution < 1.29 is 14.1 Å². The van der Waals surface area contributed by atoms with Gasteiger partial charge in [-0.3, -0.25) is 9.78 Å². The molecular formula is C14H18N6O3. The largest absolute Gasteiger partial charge is 0.352 e. The van der Waals surface area contributed by atoms with Crippen molar-refractivity contribution >= 4 is 11.9 Å². The fraction of sp³-hybridized carbons (Fsp3) is 0.357. The fourth-order valence-electron chi connectivity index (χ4n) is 1.83. The quantitative estimate of drug-likeness (QED) is 0.840. The Morgan fingerprint density at radius 3 is 2.87 bits per heavy atom. The van der Waals surface area contributed by atoms with E-state index in [1.165, 1.54) is 11.9 Å². The molecule has 0 aliphatic heterocycles. The molecule has 0 aliphatic rings. The SMILES string of the molecule is CNC(=O)c1noc(CNC(=O)N(C)[C@@H](C)c2cccnc2)n1. The number of amides is 3. The summed E-state index contributed by atoms with van der Waals surface area (Å²) in [6.07, 6.45) is 3.39. The molecule has 0 radical (unpaired) electrons. The molecular weight excluding hydrogens is 300 g/mol. The lowest BCUT2D eigenvalue weighted by molar-refractivity contribution is 0.0950. The van der Waals surface area contributed by atoms with Crippen molar-refractivity contribution in [3.8, 4) is 0 Å². The standard InChI is InChI=1S/C14H18N6O3/c1-9(10-5-4-6-16-7-10)20(3)14(22)17-8-11-18-12(19-23-11)13(21)15-2/h4-7,9H,8H2,1-3H3,(H,15,21)(H,17,22)/t9-/m0/s1. The Morgan fingerprint density at radius 1 is 1.43 bits per heavy atom. The smallest absolute Gasteiger partial charge is 0.318 e. The first kappa shape index (κ1) is 16.4. The molecule has 23 heavy (non-hydrogen) atoms. The summed E-state index contributed by atoms with van der Waals surface area (Å²) in [7, 11) is 3.14. The first-order valence-electron chi connectivity index (χ1n) is 6.98. The number of carbonyl (C=O) groups excluding carboxylic acids is 2. The summed E-state index contributed by atoms with van der Waals surface area (Å²) in [6, 6.07) is 3.26. The van der Waals surface area contributed by atoms with Gasteiger partial charge in [0.2, 0.25) is 5.89 Å². The number of carbonyl (C=O) groups is 2. The Labute approximate surface area is 133 Å². The van der Waals surface area contributed by atoms with Crippen LogP contribution in [0.15, 0.2) is 29.0 Å². The zero-order chi connectivity index (χ0) is 16.8. The molecule has 2 rings (SSSR count). The van der Waals surface area contributed by atoms with Gasteiger partial charge in [0, 0.05) is 26.5 Å². The molecule has 0 fully saturated rings. The van der Waals surface area contributed by atoms with Gasteiger partial charge in [-0.1, -0.05) is 11.2 Å². The van der Waals surface area contributed by atoms with E-state index < -0.39 is 5.91 Å². The second-order valence-corrected chi connectivity index (χ2v) is 4.82. The van der Waals surface area contributed by atoms with E-state index in [1.54, 1.807) is 19.4 Å². The minimum atomic E-state index is -0.450. The van der Waals surface area contributed by atoms with E-state index >= 15 is 0 Å². The predicted octanol–water partition coefficient (Wildman–Crippen LogP) is 0.727. The van der Waals surface area contributed by atoms with Crippen molar-refractivity contribution in [1.82, 2.24) is 30.7 Å². The molecule has 0 saturated heterocycles. The minimum Gasteiger partial charge on any atom is -0.352 e. The van der Waals surface area contributed by atoms with Gasteiger partial charge in [-0.05, 0) is 18.6 Å². The number of hydrogen-bond donors (Lipinski definition) is 2. The van der Waals surface area contributed by atoms with Crippen LogP contribution < -0.4 is 10.6 Å². The lowest BCUT2D eigenvalue weighted by Crippen LogP contribution is -2.38. The first-order valence-corrected chi connectivity index (χ1v) is 6.98. The van der Waals surface area contributed by atoms with E-state index in [9.17, 15) is 9.59 Å². The molecule has 0 aliphatic carbocycles. The van der Waals surface area contributed by atoms with Gasteiger partial charge >= 0.3 is 6.03 Å². The van der Waals surface area contributed by atoms with Crippen LogP contribution in [0.3, 0.4) is 0 Å². The molecule has 1 atom stereocenters. The highest BCUT2D eigenvalue weighted by Gasteiger charge is 2.19. The van der Waals surface area contributed by atoms with E-state index in [-0.39, 0.29) is 30.3 Å². The van der Waals surface area contributed by atoms with E-state index in [0.717, 1.165) is 5.56 Å². The lowest BCUT2D eigenvalue weighted by atomic mass is 10.1. The van der Waals surface area contributed by atoms with Crippen LogP contribution in [0.4, 0.5) is 4.79 Å². The highest BCUT2D eigenvalue weighted by atomic mass is 16.5. The minimum absolute atomic E-state index is 0.0347. The lowest BCUT2D eigenvalue weighted by Gasteiger charge is -2.25. The predicted molar refractivity (Wildman–Crippen MR) is 80.3 cm³/mol. The molecule has 9 nitrogen and oxygen atoms in total. The van der Waals surface area contributed by atoms with E-state index in [1.807, 2.05) is 19.1 Å². The van der Waals surface area contributed by atoms with E-state index in [0.29, 0.717) is 0 Å². The van der Waals surface area contributed by atoms with Gasteiger partial charge < -0.3 is 20.1 Å². The monoisotopic (exact) mass is 318 g/mol. The number of aromatic nitrogens is 3. The van der Waals surface area contributed by atoms with Crippen molar-refractivity contribution in [1.29, 1.82) is 0 Å². The third kappa shape index (κ3) is 4.02. The Balaban J connectivity index is 1.91. The average Bonchev–Trinajstić information content (AvgIpc) is 3.07. The molecule has 0 saturated carbocycles. The molecule has 122 valence electrons. The van der Waals surface area contributed by atoms with Gasteiger partial charge in [0.05, 0.1) is 12.6 Å². The maximum absolute atomic E-state index is 12.2. The third-order valence-electron chi connectivity index (χ3n) is 3.36. The van der Waals surface area contributed by atoms with Crippen LogP contribution in [0.5, 0.6) is 0 Å². The summed E-state index contributed by atoms with van der Waals surface area (Å²) in [5.41, 5.74) is 0.921. The molecule has 0 aromatic carbocycles. The number of nitrogens with zero attached hydrogens (tertiary/aromatic N) is 4. The molecule has 2 aromatic rings. The molecule has 9 heteroatoms. The van der Waals surface area contributed by atoms with Gasteiger partial charge in [-0.15, -0.1) is 0 Å². The maximum Gasteiger partial charge on any atom is 0.318 e. The normalized spacial score (nSPS) is 11.6. The zero-order valence-electron chi connectivity index (χ0n) is 13.1. The van der Waals surface area contributed by atoms with Crippen molar-refractivity contribution in [3.63, 3.8) is 0 Å². The van der Waals surface area contributed by atoms with Crippen LogP contribution in [0.2, 0.25) is 0 Å². The van der Waals surface area contributed by atoms with E-state index in [2.05, 4.69) is 25.8 Å². The Hall–Kier alpha value is -2.97. The van der Waals surface area contributed by atoms with Crippen molar-refractivity contribution in [2.24, 2.45) is 0 Å². The Bertz CT molecular complexity index is 672. The van der Waals surface area contributed by atoms with Gasteiger partial charge in [0.15, 0.2) is 0 Å². The number of nitrogens with one attached hydrogen (secondary N) is 2. The van der Waals surface area contributed by atoms with Crippen molar-refractivity contribution in [3.05, 3.63) is 41.8 Å². The van der Waals surface area contributed by atoms with Crippen LogP contribution in [-0.2, 0) is 6.54 Å². The highest BCUT2D eigenvalue weighted by molar-refractivity contribution is 5.89. The topological polar surface area (TPSA) is 113 Å². The van der Waals surface area contributed by atoms with Gasteiger partial charge in [-0.2, -0.15) is 4.98 Å². The summed E-state index contributed by atoms with van der Waals surface area (Å²) in [4.78, 5) is 32.9. The van der Waals surface area contributed by atoms with Gasteiger partial charge in [0.25, 0.3) is 11.7 Å². The molecule has 0 bridgehead atoms. The average molecular weight is 318 g/mol. The second-order valence-electron chi connectivity index (χ2n) is 4.82. The molecule has 0 spiro atoms. The summed E-state index contributed by atoms with van der Waals surface area (Å²) in [6.45, 7) is 1.93. The van der Waals surface area contributed by atoms with Crippen LogP contribution in [0.25, 0.3) is 0 Å². The van der Waals surface area contributed by atoms with Crippen molar-refractivity contribution in [2.75, 3.05) is 14.1 Å². The summed E-state index contributed by atoms with van der Waals surface area (Å²) in [5, 5.41) is 8.56. The fourth-order valence-corrected chi connectivity index (χ4v) is 1.83. The third-order valence-corrected chi connectivity index (χ3v) is 3.36. The Kier molecular flexibility index (Phi) is 5.23.